The molecule has 0 aliphatic heterocycles. The maximum Gasteiger partial charge on any atom is 0.165 e. The molecule has 0 saturated carbocycles. The van der Waals surface area contributed by atoms with E-state index in [0.717, 1.165) is 6.42 Å². The van der Waals surface area contributed by atoms with Crippen LogP contribution in [0.4, 0.5) is 4.39 Å². The van der Waals surface area contributed by atoms with Crippen LogP contribution in [0.2, 0.25) is 0 Å². The minimum Gasteiger partial charge on any atom is -0.505 e. The van der Waals surface area contributed by atoms with Crippen LogP contribution in [0.3, 0.4) is 0 Å². The van der Waals surface area contributed by atoms with Crippen molar-refractivity contribution in [2.24, 2.45) is 0 Å². The third-order valence-corrected chi connectivity index (χ3v) is 3.89. The average Bonchev–Trinajstić information content (AvgIpc) is 2.89. The Hall–Kier alpha value is -1.39. The number of aromatic hydroxyl groups is 1. The molecule has 2 aromatic rings. The quantitative estimate of drug-likeness (QED) is 0.861. The fourth-order valence-corrected chi connectivity index (χ4v) is 2.76. The van der Waals surface area contributed by atoms with Gasteiger partial charge in [-0.1, -0.05) is 25.1 Å². The minimum atomic E-state index is -0.571. The zero-order chi connectivity index (χ0) is 13.0. The molecule has 96 valence electrons. The molecule has 0 saturated heterocycles. The number of phenols is 1. The Labute approximate surface area is 110 Å². The highest BCUT2D eigenvalue weighted by molar-refractivity contribution is 7.10. The molecule has 4 heteroatoms. The van der Waals surface area contributed by atoms with Gasteiger partial charge in [0.05, 0.1) is 0 Å². The molecule has 0 amide bonds. The van der Waals surface area contributed by atoms with Crippen molar-refractivity contribution in [3.8, 4) is 5.75 Å². The van der Waals surface area contributed by atoms with Crippen molar-refractivity contribution < 1.29 is 9.50 Å². The van der Waals surface area contributed by atoms with Crippen LogP contribution < -0.4 is 5.32 Å². The van der Waals surface area contributed by atoms with Crippen LogP contribution in [0, 0.1) is 5.82 Å². The van der Waals surface area contributed by atoms with Crippen LogP contribution in [0.1, 0.15) is 29.8 Å². The van der Waals surface area contributed by atoms with Gasteiger partial charge in [-0.25, -0.2) is 4.39 Å². The standard InChI is InChI=1S/C14H16FNOS/c1-2-12(13-7-4-8-18-13)16-9-10-5-3-6-11(15)14(10)17/h3-8,12,16-17H,2,9H2,1H3. The predicted octanol–water partition coefficient (Wildman–Crippen LogP) is 3.83. The summed E-state index contributed by atoms with van der Waals surface area (Å²) in [5.74, 6) is -0.829. The van der Waals surface area contributed by atoms with Gasteiger partial charge in [-0.3, -0.25) is 0 Å². The molecule has 1 unspecified atom stereocenters. The molecule has 2 nitrogen and oxygen atoms in total. The molecule has 1 aromatic heterocycles. The van der Waals surface area contributed by atoms with E-state index in [1.165, 1.54) is 10.9 Å². The summed E-state index contributed by atoms with van der Waals surface area (Å²) in [5, 5.41) is 15.0. The van der Waals surface area contributed by atoms with E-state index in [2.05, 4.69) is 18.3 Å². The van der Waals surface area contributed by atoms with Crippen molar-refractivity contribution in [2.45, 2.75) is 25.9 Å². The van der Waals surface area contributed by atoms with Gasteiger partial charge in [0, 0.05) is 23.0 Å². The van der Waals surface area contributed by atoms with Crippen LogP contribution in [-0.4, -0.2) is 5.11 Å². The smallest absolute Gasteiger partial charge is 0.165 e. The number of phenolic OH excluding ortho intramolecular Hbond substituents is 1. The van der Waals surface area contributed by atoms with Gasteiger partial charge in [0.15, 0.2) is 11.6 Å². The highest BCUT2D eigenvalue weighted by Gasteiger charge is 2.12. The molecule has 18 heavy (non-hydrogen) atoms. The van der Waals surface area contributed by atoms with Gasteiger partial charge < -0.3 is 10.4 Å². The third kappa shape index (κ3) is 2.89. The van der Waals surface area contributed by atoms with Crippen molar-refractivity contribution in [1.82, 2.24) is 5.32 Å². The average molecular weight is 265 g/mol. The van der Waals surface area contributed by atoms with Crippen molar-refractivity contribution in [1.29, 1.82) is 0 Å². The van der Waals surface area contributed by atoms with Crippen molar-refractivity contribution in [3.63, 3.8) is 0 Å². The largest absolute Gasteiger partial charge is 0.505 e. The predicted molar refractivity (Wildman–Crippen MR) is 72.3 cm³/mol. The molecule has 0 bridgehead atoms. The summed E-state index contributed by atoms with van der Waals surface area (Å²) in [6.45, 7) is 2.56. The molecule has 0 spiro atoms. The number of para-hydroxylation sites is 1. The SMILES string of the molecule is CCC(NCc1cccc(F)c1O)c1cccs1. The summed E-state index contributed by atoms with van der Waals surface area (Å²) in [5.41, 5.74) is 0.588. The number of hydrogen-bond donors (Lipinski definition) is 2. The zero-order valence-electron chi connectivity index (χ0n) is 10.2. The molecule has 2 rings (SSSR count). The van der Waals surface area contributed by atoms with Gasteiger partial charge in [-0.15, -0.1) is 11.3 Å². The van der Waals surface area contributed by atoms with Crippen molar-refractivity contribution in [2.75, 3.05) is 0 Å². The van der Waals surface area contributed by atoms with Crippen LogP contribution in [-0.2, 0) is 6.54 Å². The monoisotopic (exact) mass is 265 g/mol. The van der Waals surface area contributed by atoms with Crippen LogP contribution >= 0.6 is 11.3 Å². The lowest BCUT2D eigenvalue weighted by Crippen LogP contribution is -2.19. The van der Waals surface area contributed by atoms with Gasteiger partial charge in [-0.05, 0) is 23.9 Å². The lowest BCUT2D eigenvalue weighted by Gasteiger charge is -2.16. The summed E-state index contributed by atoms with van der Waals surface area (Å²) >= 11 is 1.70. The van der Waals surface area contributed by atoms with Crippen LogP contribution in [0.5, 0.6) is 5.75 Å². The summed E-state index contributed by atoms with van der Waals surface area (Å²) < 4.78 is 13.2. The molecular weight excluding hydrogens is 249 g/mol. The highest BCUT2D eigenvalue weighted by atomic mass is 32.1. The number of halogens is 1. The number of thiophene rings is 1. The first kappa shape index (κ1) is 13.1. The summed E-state index contributed by atoms with van der Waals surface area (Å²) in [6, 6.07) is 8.94. The maximum atomic E-state index is 13.2. The van der Waals surface area contributed by atoms with Crippen molar-refractivity contribution in [3.05, 3.63) is 52.0 Å². The molecule has 1 atom stereocenters. The Bertz CT molecular complexity index is 499. The van der Waals surface area contributed by atoms with E-state index in [9.17, 15) is 9.50 Å². The number of hydrogen-bond acceptors (Lipinski definition) is 3. The number of rotatable bonds is 5. The van der Waals surface area contributed by atoms with E-state index in [0.29, 0.717) is 12.1 Å². The molecule has 0 aliphatic rings. The van der Waals surface area contributed by atoms with E-state index in [-0.39, 0.29) is 11.8 Å². The van der Waals surface area contributed by atoms with E-state index in [1.807, 2.05) is 11.4 Å². The van der Waals surface area contributed by atoms with Crippen molar-refractivity contribution >= 4 is 11.3 Å². The van der Waals surface area contributed by atoms with Gasteiger partial charge in [0.2, 0.25) is 0 Å². The molecule has 0 fully saturated rings. The summed E-state index contributed by atoms with van der Waals surface area (Å²) in [6.07, 6.45) is 0.955. The van der Waals surface area contributed by atoms with E-state index in [1.54, 1.807) is 23.5 Å². The second-order valence-electron chi connectivity index (χ2n) is 4.10. The first-order valence-corrected chi connectivity index (χ1v) is 6.83. The first-order chi connectivity index (χ1) is 8.72. The Morgan fingerprint density at radius 3 is 2.83 bits per heavy atom. The summed E-state index contributed by atoms with van der Waals surface area (Å²) in [7, 11) is 0. The Kier molecular flexibility index (Phi) is 4.33. The molecule has 1 heterocycles. The molecule has 0 radical (unpaired) electrons. The first-order valence-electron chi connectivity index (χ1n) is 5.95. The number of nitrogens with one attached hydrogen (secondary N) is 1. The summed E-state index contributed by atoms with van der Waals surface area (Å²) in [4.78, 5) is 1.26. The molecule has 0 aliphatic carbocycles. The van der Waals surface area contributed by atoms with E-state index < -0.39 is 5.82 Å². The maximum absolute atomic E-state index is 13.2. The fraction of sp³-hybridized carbons (Fsp3) is 0.286. The fourth-order valence-electron chi connectivity index (χ4n) is 1.87. The normalized spacial score (nSPS) is 12.6. The second kappa shape index (κ2) is 5.98. The van der Waals surface area contributed by atoms with Gasteiger partial charge in [0.25, 0.3) is 0 Å². The Balaban J connectivity index is 2.04. The van der Waals surface area contributed by atoms with E-state index >= 15 is 0 Å². The Morgan fingerprint density at radius 2 is 2.17 bits per heavy atom. The molecule has 1 aromatic carbocycles. The topological polar surface area (TPSA) is 32.3 Å². The van der Waals surface area contributed by atoms with Gasteiger partial charge >= 0.3 is 0 Å². The van der Waals surface area contributed by atoms with Gasteiger partial charge in [-0.2, -0.15) is 0 Å². The highest BCUT2D eigenvalue weighted by Crippen LogP contribution is 2.24. The zero-order valence-corrected chi connectivity index (χ0v) is 11.0. The Morgan fingerprint density at radius 1 is 1.33 bits per heavy atom. The lowest BCUT2D eigenvalue weighted by molar-refractivity contribution is 0.419. The molecular formula is C14H16FNOS. The molecule has 2 N–H and O–H groups in total. The van der Waals surface area contributed by atoms with Crippen LogP contribution in [0.25, 0.3) is 0 Å². The minimum absolute atomic E-state index is 0.243. The van der Waals surface area contributed by atoms with Gasteiger partial charge in [0.1, 0.15) is 0 Å². The second-order valence-corrected chi connectivity index (χ2v) is 5.08. The van der Waals surface area contributed by atoms with Crippen LogP contribution in [0.15, 0.2) is 35.7 Å². The third-order valence-electron chi connectivity index (χ3n) is 2.90. The van der Waals surface area contributed by atoms with E-state index in [4.69, 9.17) is 0 Å². The lowest BCUT2D eigenvalue weighted by atomic mass is 10.1. The number of benzene rings is 1.